The van der Waals surface area contributed by atoms with E-state index in [4.69, 9.17) is 9.47 Å². The van der Waals surface area contributed by atoms with E-state index in [2.05, 4.69) is 45.0 Å². The monoisotopic (exact) mass is 274 g/mol. The van der Waals surface area contributed by atoms with Crippen LogP contribution in [0, 0.1) is 16.9 Å². The highest BCUT2D eigenvalue weighted by Gasteiger charge is 2.25. The number of ether oxygens (including phenoxy) is 2. The Morgan fingerprint density at radius 2 is 1.68 bits per heavy atom. The average molecular weight is 274 g/mol. The van der Waals surface area contributed by atoms with Gasteiger partial charge >= 0.3 is 0 Å². The molecule has 0 saturated carbocycles. The first kappa shape index (κ1) is 14.0. The van der Waals surface area contributed by atoms with Gasteiger partial charge in [-0.2, -0.15) is 0 Å². The van der Waals surface area contributed by atoms with Crippen LogP contribution in [0.5, 0.6) is 11.5 Å². The maximum atomic E-state index is 5.85. The third-order valence-electron chi connectivity index (χ3n) is 2.76. The Labute approximate surface area is 117 Å². The van der Waals surface area contributed by atoms with E-state index in [1.807, 2.05) is 18.2 Å². The molecule has 0 saturated heterocycles. The molecular formula is C16H22O2Si. The van der Waals surface area contributed by atoms with E-state index in [0.29, 0.717) is 13.2 Å². The summed E-state index contributed by atoms with van der Waals surface area (Å²) >= 11 is 0. The van der Waals surface area contributed by atoms with Gasteiger partial charge in [-0.25, -0.2) is 0 Å². The van der Waals surface area contributed by atoms with Crippen LogP contribution >= 0.6 is 0 Å². The Morgan fingerprint density at radius 1 is 1.05 bits per heavy atom. The van der Waals surface area contributed by atoms with Crippen LogP contribution in [0.4, 0.5) is 0 Å². The summed E-state index contributed by atoms with van der Waals surface area (Å²) in [6.45, 7) is 12.4. The van der Waals surface area contributed by atoms with Crippen molar-refractivity contribution in [1.29, 1.82) is 0 Å². The molecule has 1 aromatic carbocycles. The standard InChI is InChI=1S/C16H22O2Si/c1-16(2)11-17-14-7-6-13(8-9-19(3,4)5)10-15(14)18-12-16/h6-7,10H,11-12H2,1-5H3. The van der Waals surface area contributed by atoms with Gasteiger partial charge in [0.2, 0.25) is 0 Å². The van der Waals surface area contributed by atoms with Crippen molar-refractivity contribution in [2.75, 3.05) is 13.2 Å². The lowest BCUT2D eigenvalue weighted by Crippen LogP contribution is -2.26. The Morgan fingerprint density at radius 3 is 2.32 bits per heavy atom. The maximum absolute atomic E-state index is 5.85. The molecule has 0 bridgehead atoms. The van der Waals surface area contributed by atoms with Crippen LogP contribution in [0.25, 0.3) is 0 Å². The molecule has 0 N–H and O–H groups in total. The molecule has 0 amide bonds. The van der Waals surface area contributed by atoms with Gasteiger partial charge in [0.15, 0.2) is 11.5 Å². The molecule has 1 aromatic rings. The summed E-state index contributed by atoms with van der Waals surface area (Å²) in [6, 6.07) is 5.96. The molecular weight excluding hydrogens is 252 g/mol. The third kappa shape index (κ3) is 4.04. The Bertz CT molecular complexity index is 530. The highest BCUT2D eigenvalue weighted by Crippen LogP contribution is 2.34. The topological polar surface area (TPSA) is 18.5 Å². The summed E-state index contributed by atoms with van der Waals surface area (Å²) in [5.41, 5.74) is 4.42. The summed E-state index contributed by atoms with van der Waals surface area (Å²) in [5.74, 6) is 4.89. The molecule has 3 heteroatoms. The molecule has 0 atom stereocenters. The summed E-state index contributed by atoms with van der Waals surface area (Å²) in [7, 11) is -1.34. The van der Waals surface area contributed by atoms with Gasteiger partial charge in [0.25, 0.3) is 0 Å². The van der Waals surface area contributed by atoms with Gasteiger partial charge in [0.05, 0.1) is 13.2 Å². The highest BCUT2D eigenvalue weighted by atomic mass is 28.3. The van der Waals surface area contributed by atoms with Crippen molar-refractivity contribution in [1.82, 2.24) is 0 Å². The predicted molar refractivity (Wildman–Crippen MR) is 81.4 cm³/mol. The van der Waals surface area contributed by atoms with Gasteiger partial charge in [-0.1, -0.05) is 39.4 Å². The fourth-order valence-corrected chi connectivity index (χ4v) is 2.18. The third-order valence-corrected chi connectivity index (χ3v) is 3.64. The molecule has 2 rings (SSSR count). The molecule has 1 aliphatic rings. The van der Waals surface area contributed by atoms with Crippen molar-refractivity contribution in [2.45, 2.75) is 33.5 Å². The van der Waals surface area contributed by atoms with Gasteiger partial charge in [0, 0.05) is 11.0 Å². The first-order valence-corrected chi connectivity index (χ1v) is 10.2. The van der Waals surface area contributed by atoms with Crippen molar-refractivity contribution in [3.8, 4) is 23.0 Å². The molecule has 0 fully saturated rings. The minimum Gasteiger partial charge on any atom is -0.489 e. The fraction of sp³-hybridized carbons (Fsp3) is 0.500. The molecule has 102 valence electrons. The van der Waals surface area contributed by atoms with E-state index in [1.54, 1.807) is 0 Å². The van der Waals surface area contributed by atoms with Gasteiger partial charge in [0.1, 0.15) is 8.07 Å². The van der Waals surface area contributed by atoms with E-state index in [1.165, 1.54) is 0 Å². The Kier molecular flexibility index (Phi) is 3.64. The van der Waals surface area contributed by atoms with Gasteiger partial charge in [-0.15, -0.1) is 5.54 Å². The van der Waals surface area contributed by atoms with E-state index in [9.17, 15) is 0 Å². The normalized spacial score (nSPS) is 17.1. The SMILES string of the molecule is CC1(C)COc2ccc(C#C[Si](C)(C)C)cc2OC1. The summed E-state index contributed by atoms with van der Waals surface area (Å²) in [4.78, 5) is 0. The molecule has 19 heavy (non-hydrogen) atoms. The van der Waals surface area contributed by atoms with E-state index >= 15 is 0 Å². The quantitative estimate of drug-likeness (QED) is 0.530. The van der Waals surface area contributed by atoms with E-state index in [-0.39, 0.29) is 5.41 Å². The van der Waals surface area contributed by atoms with Crippen LogP contribution in [0.3, 0.4) is 0 Å². The van der Waals surface area contributed by atoms with Crippen LogP contribution < -0.4 is 9.47 Å². The zero-order valence-electron chi connectivity index (χ0n) is 12.5. The second-order valence-corrected chi connectivity index (χ2v) is 11.7. The number of hydrogen-bond acceptors (Lipinski definition) is 2. The first-order chi connectivity index (χ1) is 8.75. The van der Waals surface area contributed by atoms with E-state index < -0.39 is 8.07 Å². The lowest BCUT2D eigenvalue weighted by atomic mass is 9.97. The van der Waals surface area contributed by atoms with Crippen LogP contribution in [-0.2, 0) is 0 Å². The zero-order chi connectivity index (χ0) is 14.1. The van der Waals surface area contributed by atoms with Crippen molar-refractivity contribution in [3.63, 3.8) is 0 Å². The van der Waals surface area contributed by atoms with E-state index in [0.717, 1.165) is 17.1 Å². The van der Waals surface area contributed by atoms with Crippen molar-refractivity contribution < 1.29 is 9.47 Å². The lowest BCUT2D eigenvalue weighted by molar-refractivity contribution is 0.140. The van der Waals surface area contributed by atoms with Crippen molar-refractivity contribution in [3.05, 3.63) is 23.8 Å². The molecule has 0 unspecified atom stereocenters. The molecule has 1 aliphatic heterocycles. The Hall–Kier alpha value is -1.40. The smallest absolute Gasteiger partial charge is 0.162 e. The molecule has 2 nitrogen and oxygen atoms in total. The molecule has 0 radical (unpaired) electrons. The Balaban J connectivity index is 2.25. The maximum Gasteiger partial charge on any atom is 0.162 e. The van der Waals surface area contributed by atoms with Crippen LogP contribution in [0.15, 0.2) is 18.2 Å². The highest BCUT2D eigenvalue weighted by molar-refractivity contribution is 6.83. The first-order valence-electron chi connectivity index (χ1n) is 6.68. The molecule has 0 spiro atoms. The lowest BCUT2D eigenvalue weighted by Gasteiger charge is -2.19. The second-order valence-electron chi connectivity index (χ2n) is 6.90. The average Bonchev–Trinajstić information content (AvgIpc) is 2.45. The van der Waals surface area contributed by atoms with Gasteiger partial charge in [-0.05, 0) is 18.2 Å². The van der Waals surface area contributed by atoms with Crippen LogP contribution in [0.2, 0.25) is 19.6 Å². The van der Waals surface area contributed by atoms with Gasteiger partial charge < -0.3 is 9.47 Å². The molecule has 1 heterocycles. The summed E-state index contributed by atoms with van der Waals surface area (Å²) in [6.07, 6.45) is 0. The summed E-state index contributed by atoms with van der Waals surface area (Å²) in [5, 5.41) is 0. The predicted octanol–water partition coefficient (Wildman–Crippen LogP) is 3.71. The van der Waals surface area contributed by atoms with Crippen molar-refractivity contribution in [2.24, 2.45) is 5.41 Å². The summed E-state index contributed by atoms with van der Waals surface area (Å²) < 4.78 is 11.7. The fourth-order valence-electron chi connectivity index (χ4n) is 1.67. The number of fused-ring (bicyclic) bond motifs is 1. The van der Waals surface area contributed by atoms with Crippen LogP contribution in [-0.4, -0.2) is 21.3 Å². The number of rotatable bonds is 0. The number of benzene rings is 1. The molecule has 0 aromatic heterocycles. The minimum absolute atomic E-state index is 0.0448. The van der Waals surface area contributed by atoms with Crippen LogP contribution in [0.1, 0.15) is 19.4 Å². The van der Waals surface area contributed by atoms with Gasteiger partial charge in [-0.3, -0.25) is 0 Å². The van der Waals surface area contributed by atoms with Crippen molar-refractivity contribution >= 4 is 8.07 Å². The largest absolute Gasteiger partial charge is 0.489 e. The number of hydrogen-bond donors (Lipinski definition) is 0. The molecule has 0 aliphatic carbocycles. The minimum atomic E-state index is -1.34. The zero-order valence-corrected chi connectivity index (χ0v) is 13.5. The second kappa shape index (κ2) is 4.94.